The van der Waals surface area contributed by atoms with Gasteiger partial charge in [0.05, 0.1) is 5.69 Å². The van der Waals surface area contributed by atoms with Crippen LogP contribution in [-0.4, -0.2) is 16.0 Å². The molecule has 8 heteroatoms. The molecule has 0 fully saturated rings. The van der Waals surface area contributed by atoms with Crippen molar-refractivity contribution in [3.63, 3.8) is 0 Å². The van der Waals surface area contributed by atoms with Gasteiger partial charge in [-0.05, 0) is 36.4 Å². The van der Waals surface area contributed by atoms with Gasteiger partial charge in [0.15, 0.2) is 0 Å². The summed E-state index contributed by atoms with van der Waals surface area (Å²) < 4.78 is 31.6. The minimum atomic E-state index is -0.711. The van der Waals surface area contributed by atoms with Crippen LogP contribution in [-0.2, 0) is 11.2 Å². The van der Waals surface area contributed by atoms with Crippen molar-refractivity contribution in [1.29, 1.82) is 0 Å². The summed E-state index contributed by atoms with van der Waals surface area (Å²) in [6, 6.07) is 9.73. The highest BCUT2D eigenvalue weighted by molar-refractivity contribution is 6.30. The number of carbonyl (C=O) groups is 1. The fourth-order valence-electron chi connectivity index (χ4n) is 2.10. The molecule has 0 spiro atoms. The molecule has 0 bridgehead atoms. The summed E-state index contributed by atoms with van der Waals surface area (Å²) in [6.45, 7) is 0. The van der Waals surface area contributed by atoms with Gasteiger partial charge in [-0.2, -0.15) is 4.98 Å². The Morgan fingerprint density at radius 3 is 2.68 bits per heavy atom. The first-order valence-electron chi connectivity index (χ1n) is 7.35. The molecule has 0 aliphatic rings. The van der Waals surface area contributed by atoms with Gasteiger partial charge in [0.2, 0.25) is 17.6 Å². The third kappa shape index (κ3) is 4.39. The predicted molar refractivity (Wildman–Crippen MR) is 88.1 cm³/mol. The van der Waals surface area contributed by atoms with Gasteiger partial charge in [0, 0.05) is 29.5 Å². The maximum absolute atomic E-state index is 13.5. The van der Waals surface area contributed by atoms with Crippen molar-refractivity contribution in [2.45, 2.75) is 12.8 Å². The fraction of sp³-hybridized carbons (Fsp3) is 0.118. The van der Waals surface area contributed by atoms with E-state index in [2.05, 4.69) is 15.5 Å². The molecule has 0 aliphatic carbocycles. The smallest absolute Gasteiger partial charge is 0.227 e. The molecular weight excluding hydrogens is 352 g/mol. The first-order chi connectivity index (χ1) is 12.0. The van der Waals surface area contributed by atoms with Crippen molar-refractivity contribution >= 4 is 23.2 Å². The number of rotatable bonds is 5. The number of nitrogens with one attached hydrogen (secondary N) is 1. The van der Waals surface area contributed by atoms with E-state index in [4.69, 9.17) is 16.1 Å². The Balaban J connectivity index is 1.59. The molecule has 1 N–H and O–H groups in total. The fourth-order valence-corrected chi connectivity index (χ4v) is 2.23. The van der Waals surface area contributed by atoms with E-state index < -0.39 is 17.5 Å². The van der Waals surface area contributed by atoms with Crippen LogP contribution >= 0.6 is 11.6 Å². The van der Waals surface area contributed by atoms with E-state index in [9.17, 15) is 13.6 Å². The van der Waals surface area contributed by atoms with Crippen molar-refractivity contribution in [1.82, 2.24) is 10.1 Å². The second-order valence-corrected chi connectivity index (χ2v) is 5.63. The highest BCUT2D eigenvalue weighted by atomic mass is 35.5. The SMILES string of the molecule is O=C(CCc1nc(-c2ccc(Cl)cc2)no1)Nc1cc(F)ccc1F. The molecule has 0 atom stereocenters. The van der Waals surface area contributed by atoms with Crippen LogP contribution in [0.5, 0.6) is 0 Å². The summed E-state index contributed by atoms with van der Waals surface area (Å²) >= 11 is 5.82. The molecule has 0 unspecified atom stereocenters. The average molecular weight is 364 g/mol. The molecule has 0 aliphatic heterocycles. The van der Waals surface area contributed by atoms with E-state index in [1.165, 1.54) is 0 Å². The molecular formula is C17H12ClF2N3O2. The zero-order chi connectivity index (χ0) is 17.8. The minimum absolute atomic E-state index is 0.0157. The van der Waals surface area contributed by atoms with Crippen LogP contribution in [0.25, 0.3) is 11.4 Å². The van der Waals surface area contributed by atoms with Crippen molar-refractivity contribution in [3.05, 3.63) is 65.0 Å². The summed E-state index contributed by atoms with van der Waals surface area (Å²) in [4.78, 5) is 16.0. The van der Waals surface area contributed by atoms with E-state index in [-0.39, 0.29) is 24.4 Å². The lowest BCUT2D eigenvalue weighted by Gasteiger charge is -2.05. The number of aryl methyl sites for hydroxylation is 1. The second-order valence-electron chi connectivity index (χ2n) is 5.19. The highest BCUT2D eigenvalue weighted by Crippen LogP contribution is 2.19. The zero-order valence-electron chi connectivity index (χ0n) is 12.8. The predicted octanol–water partition coefficient (Wildman–Crippen LogP) is 4.24. The summed E-state index contributed by atoms with van der Waals surface area (Å²) in [5.41, 5.74) is 0.517. The lowest BCUT2D eigenvalue weighted by atomic mass is 10.2. The standard InChI is InChI=1S/C17H12ClF2N3O2/c18-11-3-1-10(2-4-11)17-22-16(25-23-17)8-7-15(24)21-14-9-12(19)5-6-13(14)20/h1-6,9H,7-8H2,(H,21,24). The molecule has 0 saturated heterocycles. The number of amides is 1. The molecule has 1 aromatic heterocycles. The number of nitrogens with zero attached hydrogens (tertiary/aromatic N) is 2. The van der Waals surface area contributed by atoms with Crippen molar-refractivity contribution in [2.24, 2.45) is 0 Å². The molecule has 1 heterocycles. The van der Waals surface area contributed by atoms with Gasteiger partial charge in [-0.1, -0.05) is 16.8 Å². The van der Waals surface area contributed by atoms with Gasteiger partial charge < -0.3 is 9.84 Å². The van der Waals surface area contributed by atoms with E-state index in [0.29, 0.717) is 10.8 Å². The largest absolute Gasteiger partial charge is 0.339 e. The van der Waals surface area contributed by atoms with E-state index in [1.54, 1.807) is 24.3 Å². The Kier molecular flexibility index (Phi) is 5.04. The quantitative estimate of drug-likeness (QED) is 0.736. The second kappa shape index (κ2) is 7.40. The number of carbonyl (C=O) groups excluding carboxylic acids is 1. The van der Waals surface area contributed by atoms with Crippen LogP contribution in [0.3, 0.4) is 0 Å². The van der Waals surface area contributed by atoms with Crippen LogP contribution in [0.15, 0.2) is 47.0 Å². The minimum Gasteiger partial charge on any atom is -0.339 e. The Bertz CT molecular complexity index is 897. The first kappa shape index (κ1) is 17.0. The monoisotopic (exact) mass is 363 g/mol. The Morgan fingerprint density at radius 2 is 1.92 bits per heavy atom. The maximum atomic E-state index is 13.5. The molecule has 5 nitrogen and oxygen atoms in total. The van der Waals surface area contributed by atoms with Crippen LogP contribution in [0, 0.1) is 11.6 Å². The zero-order valence-corrected chi connectivity index (χ0v) is 13.6. The van der Waals surface area contributed by atoms with Gasteiger partial charge >= 0.3 is 0 Å². The lowest BCUT2D eigenvalue weighted by Crippen LogP contribution is -2.13. The normalized spacial score (nSPS) is 10.7. The van der Waals surface area contributed by atoms with Crippen molar-refractivity contribution < 1.29 is 18.1 Å². The van der Waals surface area contributed by atoms with Crippen LogP contribution in [0.1, 0.15) is 12.3 Å². The van der Waals surface area contributed by atoms with Gasteiger partial charge in [0.25, 0.3) is 0 Å². The summed E-state index contributed by atoms with van der Waals surface area (Å²) in [7, 11) is 0. The third-order valence-electron chi connectivity index (χ3n) is 3.34. The number of anilines is 1. The van der Waals surface area contributed by atoms with Crippen molar-refractivity contribution in [2.75, 3.05) is 5.32 Å². The summed E-state index contributed by atoms with van der Waals surface area (Å²) in [5.74, 6) is -1.20. The van der Waals surface area contributed by atoms with E-state index in [1.807, 2.05) is 0 Å². The average Bonchev–Trinajstić information content (AvgIpc) is 3.06. The Morgan fingerprint density at radius 1 is 1.16 bits per heavy atom. The molecule has 0 saturated carbocycles. The molecule has 1 amide bonds. The highest BCUT2D eigenvalue weighted by Gasteiger charge is 2.12. The lowest BCUT2D eigenvalue weighted by molar-refractivity contribution is -0.116. The molecule has 128 valence electrons. The topological polar surface area (TPSA) is 68.0 Å². The molecule has 2 aromatic carbocycles. The molecule has 0 radical (unpaired) electrons. The van der Waals surface area contributed by atoms with Gasteiger partial charge in [-0.25, -0.2) is 8.78 Å². The van der Waals surface area contributed by atoms with Gasteiger partial charge in [0.1, 0.15) is 11.6 Å². The Labute approximate surface area is 146 Å². The summed E-state index contributed by atoms with van der Waals surface area (Å²) in [6.07, 6.45) is 0.154. The van der Waals surface area contributed by atoms with Crippen LogP contribution in [0.2, 0.25) is 5.02 Å². The van der Waals surface area contributed by atoms with Crippen molar-refractivity contribution in [3.8, 4) is 11.4 Å². The number of halogens is 3. The number of benzene rings is 2. The molecule has 25 heavy (non-hydrogen) atoms. The summed E-state index contributed by atoms with van der Waals surface area (Å²) in [5, 5.41) is 6.73. The molecule has 3 rings (SSSR count). The maximum Gasteiger partial charge on any atom is 0.227 e. The van der Waals surface area contributed by atoms with Gasteiger partial charge in [-0.3, -0.25) is 4.79 Å². The first-order valence-corrected chi connectivity index (χ1v) is 7.72. The Hall–Kier alpha value is -2.80. The number of aromatic nitrogens is 2. The third-order valence-corrected chi connectivity index (χ3v) is 3.59. The van der Waals surface area contributed by atoms with E-state index >= 15 is 0 Å². The number of hydrogen-bond acceptors (Lipinski definition) is 4. The van der Waals surface area contributed by atoms with Crippen LogP contribution < -0.4 is 5.32 Å². The van der Waals surface area contributed by atoms with Crippen LogP contribution in [0.4, 0.5) is 14.5 Å². The number of hydrogen-bond donors (Lipinski definition) is 1. The molecule has 3 aromatic rings. The van der Waals surface area contributed by atoms with Gasteiger partial charge in [-0.15, -0.1) is 0 Å². The van der Waals surface area contributed by atoms with E-state index in [0.717, 1.165) is 23.8 Å².